The van der Waals surface area contributed by atoms with Crippen LogP contribution in [0.3, 0.4) is 0 Å². The van der Waals surface area contributed by atoms with Crippen molar-refractivity contribution in [2.45, 2.75) is 0 Å². The van der Waals surface area contributed by atoms with Crippen LogP contribution in [0.15, 0.2) is 42.7 Å². The largest absolute Gasteiger partial charge is 0.397 e. The van der Waals surface area contributed by atoms with E-state index in [0.29, 0.717) is 17.2 Å². The summed E-state index contributed by atoms with van der Waals surface area (Å²) in [5.41, 5.74) is 6.38. The van der Waals surface area contributed by atoms with Gasteiger partial charge >= 0.3 is 0 Å². The first-order valence-corrected chi connectivity index (χ1v) is 4.69. The van der Waals surface area contributed by atoms with Gasteiger partial charge in [0.2, 0.25) is 0 Å². The van der Waals surface area contributed by atoms with Gasteiger partial charge in [0.15, 0.2) is 0 Å². The zero-order chi connectivity index (χ0) is 11.4. The Morgan fingerprint density at radius 1 is 1.19 bits per heavy atom. The minimum atomic E-state index is -0.294. The topological polar surface area (TPSA) is 80.9 Å². The molecule has 0 saturated heterocycles. The van der Waals surface area contributed by atoms with Gasteiger partial charge in [0.1, 0.15) is 11.5 Å². The van der Waals surface area contributed by atoms with Gasteiger partial charge < -0.3 is 11.1 Å². The number of carbonyl (C=O) groups is 1. The molecule has 3 N–H and O–H groups in total. The summed E-state index contributed by atoms with van der Waals surface area (Å²) < 4.78 is 0. The average molecular weight is 214 g/mol. The minimum Gasteiger partial charge on any atom is -0.397 e. The minimum absolute atomic E-state index is 0.294. The van der Waals surface area contributed by atoms with Crippen molar-refractivity contribution in [1.29, 1.82) is 0 Å². The predicted octanol–water partition coefficient (Wildman–Crippen LogP) is 1.31. The van der Waals surface area contributed by atoms with Crippen LogP contribution in [0.1, 0.15) is 10.5 Å². The molecule has 1 amide bonds. The highest BCUT2D eigenvalue weighted by atomic mass is 16.1. The number of hydrogen-bond acceptors (Lipinski definition) is 4. The van der Waals surface area contributed by atoms with Gasteiger partial charge in [0.25, 0.3) is 5.91 Å². The Labute approximate surface area is 92.3 Å². The standard InChI is InChI=1S/C11H10N4O/c12-8-4-5-10(14-7-8)15-11(16)9-3-1-2-6-13-9/h1-7H,12H2,(H,14,15,16). The lowest BCUT2D eigenvalue weighted by molar-refractivity contribution is 0.102. The highest BCUT2D eigenvalue weighted by molar-refractivity contribution is 6.02. The molecule has 0 atom stereocenters. The summed E-state index contributed by atoms with van der Waals surface area (Å²) in [5.74, 6) is 0.155. The highest BCUT2D eigenvalue weighted by Crippen LogP contribution is 2.07. The third kappa shape index (κ3) is 2.33. The van der Waals surface area contributed by atoms with E-state index in [2.05, 4.69) is 15.3 Å². The third-order valence-electron chi connectivity index (χ3n) is 1.93. The molecule has 0 fully saturated rings. The molecule has 2 aromatic heterocycles. The summed E-state index contributed by atoms with van der Waals surface area (Å²) in [5, 5.41) is 2.62. The molecular formula is C11H10N4O. The third-order valence-corrected chi connectivity index (χ3v) is 1.93. The van der Waals surface area contributed by atoms with Crippen LogP contribution in [0.4, 0.5) is 11.5 Å². The second-order valence-electron chi connectivity index (χ2n) is 3.15. The van der Waals surface area contributed by atoms with E-state index in [1.54, 1.807) is 36.5 Å². The van der Waals surface area contributed by atoms with Gasteiger partial charge in [0, 0.05) is 6.20 Å². The number of hydrogen-bond donors (Lipinski definition) is 2. The van der Waals surface area contributed by atoms with Crippen LogP contribution in [0, 0.1) is 0 Å². The average Bonchev–Trinajstić information content (AvgIpc) is 2.33. The number of nitrogens with one attached hydrogen (secondary N) is 1. The molecule has 0 saturated carbocycles. The van der Waals surface area contributed by atoms with Crippen LogP contribution in [-0.4, -0.2) is 15.9 Å². The fourth-order valence-corrected chi connectivity index (χ4v) is 1.16. The lowest BCUT2D eigenvalue weighted by Crippen LogP contribution is -2.14. The van der Waals surface area contributed by atoms with Gasteiger partial charge in [-0.15, -0.1) is 0 Å². The number of carbonyl (C=O) groups excluding carboxylic acids is 1. The Bertz CT molecular complexity index is 481. The first kappa shape index (κ1) is 10.1. The summed E-state index contributed by atoms with van der Waals surface area (Å²) in [7, 11) is 0. The fourth-order valence-electron chi connectivity index (χ4n) is 1.16. The SMILES string of the molecule is Nc1ccc(NC(=O)c2ccccn2)nc1. The highest BCUT2D eigenvalue weighted by Gasteiger charge is 2.06. The molecule has 2 heterocycles. The zero-order valence-corrected chi connectivity index (χ0v) is 8.42. The maximum Gasteiger partial charge on any atom is 0.275 e. The molecule has 5 heteroatoms. The second-order valence-corrected chi connectivity index (χ2v) is 3.15. The van der Waals surface area contributed by atoms with Crippen molar-refractivity contribution in [3.63, 3.8) is 0 Å². The van der Waals surface area contributed by atoms with Crippen molar-refractivity contribution in [1.82, 2.24) is 9.97 Å². The van der Waals surface area contributed by atoms with Crippen molar-refractivity contribution >= 4 is 17.4 Å². The van der Waals surface area contributed by atoms with Crippen LogP contribution >= 0.6 is 0 Å². The Morgan fingerprint density at radius 3 is 2.69 bits per heavy atom. The van der Waals surface area contributed by atoms with Gasteiger partial charge in [-0.1, -0.05) is 6.07 Å². The first-order valence-electron chi connectivity index (χ1n) is 4.69. The normalized spacial score (nSPS) is 9.75. The van der Waals surface area contributed by atoms with Gasteiger partial charge in [-0.05, 0) is 24.3 Å². The van der Waals surface area contributed by atoms with Crippen LogP contribution in [0.5, 0.6) is 0 Å². The smallest absolute Gasteiger partial charge is 0.275 e. The molecule has 5 nitrogen and oxygen atoms in total. The maximum absolute atomic E-state index is 11.7. The monoisotopic (exact) mass is 214 g/mol. The van der Waals surface area contributed by atoms with E-state index < -0.39 is 0 Å². The number of nitrogens with zero attached hydrogens (tertiary/aromatic N) is 2. The van der Waals surface area contributed by atoms with Gasteiger partial charge in [-0.2, -0.15) is 0 Å². The lowest BCUT2D eigenvalue weighted by Gasteiger charge is -2.03. The molecule has 16 heavy (non-hydrogen) atoms. The molecule has 0 aliphatic carbocycles. The van der Waals surface area contributed by atoms with E-state index in [-0.39, 0.29) is 5.91 Å². The van der Waals surface area contributed by atoms with Crippen molar-refractivity contribution in [3.05, 3.63) is 48.4 Å². The van der Waals surface area contributed by atoms with Crippen LogP contribution < -0.4 is 11.1 Å². The van der Waals surface area contributed by atoms with Crippen LogP contribution in [0.2, 0.25) is 0 Å². The summed E-state index contributed by atoms with van der Waals surface area (Å²) in [4.78, 5) is 19.5. The van der Waals surface area contributed by atoms with Crippen molar-refractivity contribution in [2.75, 3.05) is 11.1 Å². The summed E-state index contributed by atoms with van der Waals surface area (Å²) in [6, 6.07) is 8.43. The number of aromatic nitrogens is 2. The van der Waals surface area contributed by atoms with E-state index in [4.69, 9.17) is 5.73 Å². The summed E-state index contributed by atoms with van der Waals surface area (Å²) >= 11 is 0. The predicted molar refractivity (Wildman–Crippen MR) is 60.8 cm³/mol. The van der Waals surface area contributed by atoms with E-state index in [1.165, 1.54) is 6.20 Å². The maximum atomic E-state index is 11.7. The van der Waals surface area contributed by atoms with Crippen molar-refractivity contribution < 1.29 is 4.79 Å². The van der Waals surface area contributed by atoms with Crippen molar-refractivity contribution in [2.24, 2.45) is 0 Å². The molecule has 2 rings (SSSR count). The number of amides is 1. The molecule has 0 bridgehead atoms. The lowest BCUT2D eigenvalue weighted by atomic mass is 10.3. The Hall–Kier alpha value is -2.43. The van der Waals surface area contributed by atoms with Gasteiger partial charge in [0.05, 0.1) is 11.9 Å². The van der Waals surface area contributed by atoms with E-state index in [0.717, 1.165) is 0 Å². The molecule has 0 radical (unpaired) electrons. The Kier molecular flexibility index (Phi) is 2.77. The summed E-state index contributed by atoms with van der Waals surface area (Å²) in [6.45, 7) is 0. The molecule has 0 aromatic carbocycles. The van der Waals surface area contributed by atoms with Crippen LogP contribution in [0.25, 0.3) is 0 Å². The molecule has 2 aromatic rings. The van der Waals surface area contributed by atoms with Crippen molar-refractivity contribution in [3.8, 4) is 0 Å². The quantitative estimate of drug-likeness (QED) is 0.789. The number of rotatable bonds is 2. The number of nitrogens with two attached hydrogens (primary N) is 1. The Morgan fingerprint density at radius 2 is 2.06 bits per heavy atom. The molecule has 0 aliphatic heterocycles. The van der Waals surface area contributed by atoms with E-state index in [9.17, 15) is 4.79 Å². The molecule has 0 spiro atoms. The zero-order valence-electron chi connectivity index (χ0n) is 8.42. The van der Waals surface area contributed by atoms with E-state index >= 15 is 0 Å². The van der Waals surface area contributed by atoms with Gasteiger partial charge in [-0.3, -0.25) is 9.78 Å². The molecule has 80 valence electrons. The van der Waals surface area contributed by atoms with Gasteiger partial charge in [-0.25, -0.2) is 4.98 Å². The number of anilines is 2. The molecular weight excluding hydrogens is 204 g/mol. The number of nitrogen functional groups attached to an aromatic ring is 1. The Balaban J connectivity index is 2.11. The first-order chi connectivity index (χ1) is 7.75. The number of pyridine rings is 2. The molecule has 0 unspecified atom stereocenters. The van der Waals surface area contributed by atoms with Crippen LogP contribution in [-0.2, 0) is 0 Å². The summed E-state index contributed by atoms with van der Waals surface area (Å²) in [6.07, 6.45) is 3.04. The van der Waals surface area contributed by atoms with E-state index in [1.807, 2.05) is 0 Å². The second kappa shape index (κ2) is 4.39. The molecule has 0 aliphatic rings. The fraction of sp³-hybridized carbons (Fsp3) is 0.